The topological polar surface area (TPSA) is 92.8 Å². The van der Waals surface area contributed by atoms with Crippen LogP contribution in [0.5, 0.6) is 5.75 Å². The van der Waals surface area contributed by atoms with Gasteiger partial charge in [-0.2, -0.15) is 0 Å². The summed E-state index contributed by atoms with van der Waals surface area (Å²) in [6, 6.07) is 12.0. The van der Waals surface area contributed by atoms with Crippen LogP contribution in [-0.4, -0.2) is 32.2 Å². The summed E-state index contributed by atoms with van der Waals surface area (Å²) in [4.78, 5) is 26.9. The maximum Gasteiger partial charge on any atom is 0.265 e. The summed E-state index contributed by atoms with van der Waals surface area (Å²) in [5, 5.41) is 0. The van der Waals surface area contributed by atoms with Gasteiger partial charge in [0.15, 0.2) is 0 Å². The maximum atomic E-state index is 13.2. The lowest BCUT2D eigenvalue weighted by molar-refractivity contribution is -0.140. The van der Waals surface area contributed by atoms with Gasteiger partial charge in [0, 0.05) is 5.69 Å². The highest BCUT2D eigenvalue weighted by atomic mass is 32.2. The molecular formula is C25H30N2O5S. The Kier molecular flexibility index (Phi) is 6.47. The lowest BCUT2D eigenvalue weighted by Crippen LogP contribution is -2.30. The van der Waals surface area contributed by atoms with Crippen LogP contribution in [-0.2, 0) is 26.2 Å². The molecule has 2 amide bonds. The van der Waals surface area contributed by atoms with Crippen molar-refractivity contribution < 1.29 is 22.7 Å². The predicted octanol–water partition coefficient (Wildman–Crippen LogP) is 4.29. The van der Waals surface area contributed by atoms with Gasteiger partial charge in [-0.3, -0.25) is 19.2 Å². The number of imide groups is 1. The van der Waals surface area contributed by atoms with Crippen LogP contribution in [0.15, 0.2) is 47.4 Å². The number of fused-ring (bicyclic) bond motifs is 1. The monoisotopic (exact) mass is 470 g/mol. The zero-order chi connectivity index (χ0) is 23.8. The molecule has 1 saturated carbocycles. The second kappa shape index (κ2) is 9.17. The van der Waals surface area contributed by atoms with Gasteiger partial charge in [-0.15, -0.1) is 0 Å². The van der Waals surface area contributed by atoms with Gasteiger partial charge in [0.05, 0.1) is 25.5 Å². The molecule has 4 rings (SSSR count). The zero-order valence-corrected chi connectivity index (χ0v) is 20.0. The number of carbonyl (C=O) groups is 2. The smallest absolute Gasteiger partial charge is 0.265 e. The molecule has 8 heteroatoms. The minimum atomic E-state index is -3.96. The maximum absolute atomic E-state index is 13.2. The Bertz CT molecular complexity index is 1130. The minimum absolute atomic E-state index is 0.0352. The number of nitrogens with zero attached hydrogens (tertiary/aromatic N) is 1. The normalized spacial score (nSPS) is 20.8. The molecule has 1 N–H and O–H groups in total. The van der Waals surface area contributed by atoms with Crippen LogP contribution in [0, 0.1) is 11.8 Å². The van der Waals surface area contributed by atoms with Crippen LogP contribution < -0.4 is 9.46 Å². The standard InChI is InChI=1S/C25H30N2O5S/c1-16(2)18-9-11-19(12-10-18)26-33(30,31)23-14-17(8-13-22(23)32-3)15-27-24(28)20-6-4-5-7-21(20)25(27)29/h8-14,16,20-21,26H,4-7,15H2,1-3H3/t20-,21+. The van der Waals surface area contributed by atoms with Gasteiger partial charge < -0.3 is 4.74 Å². The highest BCUT2D eigenvalue weighted by molar-refractivity contribution is 7.92. The molecule has 176 valence electrons. The molecule has 1 aliphatic heterocycles. The highest BCUT2D eigenvalue weighted by Gasteiger charge is 2.47. The van der Waals surface area contributed by atoms with Gasteiger partial charge in [-0.05, 0) is 54.2 Å². The molecule has 0 bridgehead atoms. The molecule has 0 aromatic heterocycles. The Morgan fingerprint density at radius 3 is 2.15 bits per heavy atom. The SMILES string of the molecule is COc1ccc(CN2C(=O)[C@H]3CCCC[C@H]3C2=O)cc1S(=O)(=O)Nc1ccc(C(C)C)cc1. The van der Waals surface area contributed by atoms with E-state index in [2.05, 4.69) is 18.6 Å². The summed E-state index contributed by atoms with van der Waals surface area (Å²) in [7, 11) is -2.55. The molecule has 33 heavy (non-hydrogen) atoms. The lowest BCUT2D eigenvalue weighted by atomic mass is 9.81. The van der Waals surface area contributed by atoms with E-state index in [1.54, 1.807) is 24.3 Å². The van der Waals surface area contributed by atoms with Crippen molar-refractivity contribution in [2.45, 2.75) is 56.9 Å². The van der Waals surface area contributed by atoms with Crippen molar-refractivity contribution in [2.75, 3.05) is 11.8 Å². The molecule has 1 heterocycles. The molecule has 1 saturated heterocycles. The number of hydrogen-bond acceptors (Lipinski definition) is 5. The summed E-state index contributed by atoms with van der Waals surface area (Å²) in [6.07, 6.45) is 3.41. The van der Waals surface area contributed by atoms with Crippen LogP contribution in [0.25, 0.3) is 0 Å². The first-order valence-electron chi connectivity index (χ1n) is 11.4. The van der Waals surface area contributed by atoms with E-state index in [4.69, 9.17) is 4.74 Å². The first kappa shape index (κ1) is 23.3. The van der Waals surface area contributed by atoms with E-state index >= 15 is 0 Å². The Morgan fingerprint density at radius 1 is 1.00 bits per heavy atom. The van der Waals surface area contributed by atoms with Crippen molar-refractivity contribution in [2.24, 2.45) is 11.8 Å². The second-order valence-corrected chi connectivity index (χ2v) is 10.8. The van der Waals surface area contributed by atoms with E-state index in [1.165, 1.54) is 18.1 Å². The third-order valence-corrected chi connectivity index (χ3v) is 8.02. The van der Waals surface area contributed by atoms with Crippen LogP contribution in [0.3, 0.4) is 0 Å². The molecule has 2 aromatic carbocycles. The molecule has 0 radical (unpaired) electrons. The van der Waals surface area contributed by atoms with E-state index in [-0.39, 0.29) is 40.8 Å². The van der Waals surface area contributed by atoms with Gasteiger partial charge in [-0.1, -0.05) is 44.9 Å². The second-order valence-electron chi connectivity index (χ2n) is 9.13. The van der Waals surface area contributed by atoms with Crippen LogP contribution in [0.2, 0.25) is 0 Å². The van der Waals surface area contributed by atoms with Crippen molar-refractivity contribution in [3.8, 4) is 5.75 Å². The number of anilines is 1. The van der Waals surface area contributed by atoms with E-state index in [0.717, 1.165) is 31.2 Å². The average Bonchev–Trinajstić information content (AvgIpc) is 3.04. The van der Waals surface area contributed by atoms with E-state index in [1.807, 2.05) is 12.1 Å². The summed E-state index contributed by atoms with van der Waals surface area (Å²) < 4.78 is 34.3. The number of methoxy groups -OCH3 is 1. The molecule has 2 aliphatic rings. The number of ether oxygens (including phenoxy) is 1. The Hall–Kier alpha value is -2.87. The fourth-order valence-electron chi connectivity index (χ4n) is 4.75. The number of benzene rings is 2. The molecule has 0 unspecified atom stereocenters. The fraction of sp³-hybridized carbons (Fsp3) is 0.440. The molecule has 1 aliphatic carbocycles. The Labute approximate surface area is 195 Å². The van der Waals surface area contributed by atoms with Crippen molar-refractivity contribution in [3.05, 3.63) is 53.6 Å². The van der Waals surface area contributed by atoms with Crippen LogP contribution in [0.4, 0.5) is 5.69 Å². The lowest BCUT2D eigenvalue weighted by Gasteiger charge is -2.19. The summed E-state index contributed by atoms with van der Waals surface area (Å²) in [5.74, 6) is -0.224. The Morgan fingerprint density at radius 2 is 1.61 bits per heavy atom. The van der Waals surface area contributed by atoms with Crippen LogP contribution >= 0.6 is 0 Å². The summed E-state index contributed by atoms with van der Waals surface area (Å²) in [6.45, 7) is 4.20. The van der Waals surface area contributed by atoms with Crippen molar-refractivity contribution in [3.63, 3.8) is 0 Å². The highest BCUT2D eigenvalue weighted by Crippen LogP contribution is 2.39. The van der Waals surface area contributed by atoms with Gasteiger partial charge in [0.25, 0.3) is 10.0 Å². The van der Waals surface area contributed by atoms with Gasteiger partial charge >= 0.3 is 0 Å². The third kappa shape index (κ3) is 4.62. The number of amides is 2. The molecule has 2 atom stereocenters. The number of sulfonamides is 1. The number of hydrogen-bond donors (Lipinski definition) is 1. The van der Waals surface area contributed by atoms with Crippen LogP contribution in [0.1, 0.15) is 56.6 Å². The van der Waals surface area contributed by atoms with E-state index in [9.17, 15) is 18.0 Å². The largest absolute Gasteiger partial charge is 0.495 e. The van der Waals surface area contributed by atoms with Crippen molar-refractivity contribution in [1.29, 1.82) is 0 Å². The molecular weight excluding hydrogens is 440 g/mol. The average molecular weight is 471 g/mol. The fourth-order valence-corrected chi connectivity index (χ4v) is 6.02. The molecule has 2 fully saturated rings. The quantitative estimate of drug-likeness (QED) is 0.609. The van der Waals surface area contributed by atoms with E-state index < -0.39 is 10.0 Å². The van der Waals surface area contributed by atoms with Crippen molar-refractivity contribution in [1.82, 2.24) is 4.90 Å². The van der Waals surface area contributed by atoms with Gasteiger partial charge in [0.2, 0.25) is 11.8 Å². The molecule has 2 aromatic rings. The molecule has 0 spiro atoms. The first-order chi connectivity index (χ1) is 15.7. The Balaban J connectivity index is 1.58. The third-order valence-electron chi connectivity index (χ3n) is 6.62. The van der Waals surface area contributed by atoms with Gasteiger partial charge in [-0.25, -0.2) is 8.42 Å². The minimum Gasteiger partial charge on any atom is -0.495 e. The number of likely N-dealkylation sites (tertiary alicyclic amines) is 1. The number of nitrogens with one attached hydrogen (secondary N) is 1. The van der Waals surface area contributed by atoms with E-state index in [0.29, 0.717) is 17.2 Å². The van der Waals surface area contributed by atoms with Crippen molar-refractivity contribution >= 4 is 27.5 Å². The summed E-state index contributed by atoms with van der Waals surface area (Å²) in [5.41, 5.74) is 2.12. The summed E-state index contributed by atoms with van der Waals surface area (Å²) >= 11 is 0. The zero-order valence-electron chi connectivity index (χ0n) is 19.2. The number of carbonyl (C=O) groups excluding carboxylic acids is 2. The predicted molar refractivity (Wildman–Crippen MR) is 125 cm³/mol. The molecule has 7 nitrogen and oxygen atoms in total. The van der Waals surface area contributed by atoms with Gasteiger partial charge in [0.1, 0.15) is 10.6 Å². The number of rotatable bonds is 7. The first-order valence-corrected chi connectivity index (χ1v) is 12.8.